The maximum atomic E-state index is 12.8. The number of carbonyl (C=O) groups excluding carboxylic acids is 3. The fourth-order valence-electron chi connectivity index (χ4n) is 3.44. The molecule has 0 saturated carbocycles. The molecule has 3 amide bonds. The zero-order valence-corrected chi connectivity index (χ0v) is 14.9. The Hall–Kier alpha value is -1.89. The van der Waals surface area contributed by atoms with Crippen molar-refractivity contribution in [3.8, 4) is 0 Å². The molecule has 6 nitrogen and oxygen atoms in total. The van der Waals surface area contributed by atoms with Crippen LogP contribution in [0.3, 0.4) is 0 Å². The molecule has 1 aromatic heterocycles. The van der Waals surface area contributed by atoms with Gasteiger partial charge >= 0.3 is 0 Å². The standard InChI is InChI=1S/C17H23N3O3S/c1-3-19-9-11(4-5-15(19)21)17(23)20-7-6-13-12(10-20)8-14(24-13)16(22)18-2/h8,11H,3-7,9-10H2,1-2H3,(H,18,22). The number of likely N-dealkylation sites (tertiary alicyclic amines) is 1. The van der Waals surface area contributed by atoms with Gasteiger partial charge in [-0.05, 0) is 31.4 Å². The third-order valence-electron chi connectivity index (χ3n) is 4.86. The Morgan fingerprint density at radius 1 is 1.38 bits per heavy atom. The first-order chi connectivity index (χ1) is 11.5. The molecule has 1 fully saturated rings. The summed E-state index contributed by atoms with van der Waals surface area (Å²) in [7, 11) is 1.63. The van der Waals surface area contributed by atoms with Gasteiger partial charge in [0.15, 0.2) is 0 Å². The van der Waals surface area contributed by atoms with Crippen molar-refractivity contribution in [2.24, 2.45) is 5.92 Å². The first-order valence-electron chi connectivity index (χ1n) is 8.43. The van der Waals surface area contributed by atoms with Crippen LogP contribution >= 0.6 is 11.3 Å². The fourth-order valence-corrected chi connectivity index (χ4v) is 4.55. The van der Waals surface area contributed by atoms with Crippen molar-refractivity contribution in [3.05, 3.63) is 21.4 Å². The lowest BCUT2D eigenvalue weighted by molar-refractivity contribution is -0.143. The molecule has 130 valence electrons. The van der Waals surface area contributed by atoms with E-state index in [0.29, 0.717) is 43.9 Å². The van der Waals surface area contributed by atoms with E-state index < -0.39 is 0 Å². The van der Waals surface area contributed by atoms with E-state index in [0.717, 1.165) is 12.0 Å². The second kappa shape index (κ2) is 6.93. The maximum absolute atomic E-state index is 12.8. The lowest BCUT2D eigenvalue weighted by Gasteiger charge is -2.35. The summed E-state index contributed by atoms with van der Waals surface area (Å²) in [6.07, 6.45) is 1.90. The number of hydrogen-bond acceptors (Lipinski definition) is 4. The van der Waals surface area contributed by atoms with Gasteiger partial charge in [0.2, 0.25) is 11.8 Å². The monoisotopic (exact) mass is 349 g/mol. The molecule has 1 unspecified atom stereocenters. The van der Waals surface area contributed by atoms with E-state index >= 15 is 0 Å². The van der Waals surface area contributed by atoms with E-state index in [9.17, 15) is 14.4 Å². The Bertz CT molecular complexity index is 670. The van der Waals surface area contributed by atoms with Gasteiger partial charge in [0, 0.05) is 44.5 Å². The molecular formula is C17H23N3O3S. The highest BCUT2D eigenvalue weighted by atomic mass is 32.1. The van der Waals surface area contributed by atoms with Crippen LogP contribution in [0.4, 0.5) is 0 Å². The highest BCUT2D eigenvalue weighted by Crippen LogP contribution is 2.30. The lowest BCUT2D eigenvalue weighted by atomic mass is 9.95. The lowest BCUT2D eigenvalue weighted by Crippen LogP contribution is -2.47. The topological polar surface area (TPSA) is 69.7 Å². The van der Waals surface area contributed by atoms with Crippen LogP contribution in [0.1, 0.15) is 39.9 Å². The summed E-state index contributed by atoms with van der Waals surface area (Å²) in [5.74, 6) is 0.118. The molecular weight excluding hydrogens is 326 g/mol. The van der Waals surface area contributed by atoms with Crippen LogP contribution in [-0.4, -0.2) is 54.2 Å². The molecule has 0 aliphatic carbocycles. The van der Waals surface area contributed by atoms with Crippen molar-refractivity contribution in [2.75, 3.05) is 26.7 Å². The summed E-state index contributed by atoms with van der Waals surface area (Å²) in [6, 6.07) is 1.90. The summed E-state index contributed by atoms with van der Waals surface area (Å²) in [6.45, 7) is 4.40. The third kappa shape index (κ3) is 3.17. The zero-order valence-electron chi connectivity index (χ0n) is 14.1. The number of amides is 3. The maximum Gasteiger partial charge on any atom is 0.261 e. The summed E-state index contributed by atoms with van der Waals surface area (Å²) >= 11 is 1.52. The summed E-state index contributed by atoms with van der Waals surface area (Å²) in [5, 5.41) is 2.65. The molecule has 1 N–H and O–H groups in total. The van der Waals surface area contributed by atoms with Crippen molar-refractivity contribution < 1.29 is 14.4 Å². The molecule has 2 aliphatic rings. The molecule has 3 rings (SSSR count). The molecule has 0 aromatic carbocycles. The number of piperidine rings is 1. The number of hydrogen-bond donors (Lipinski definition) is 1. The highest BCUT2D eigenvalue weighted by molar-refractivity contribution is 7.14. The molecule has 1 aromatic rings. The fraction of sp³-hybridized carbons (Fsp3) is 0.588. The van der Waals surface area contributed by atoms with Gasteiger partial charge < -0.3 is 15.1 Å². The minimum atomic E-state index is -0.0961. The van der Waals surface area contributed by atoms with Gasteiger partial charge in [-0.2, -0.15) is 0 Å². The third-order valence-corrected chi connectivity index (χ3v) is 6.10. The molecule has 0 spiro atoms. The van der Waals surface area contributed by atoms with Crippen molar-refractivity contribution in [1.29, 1.82) is 0 Å². The van der Waals surface area contributed by atoms with Gasteiger partial charge in [0.1, 0.15) is 0 Å². The molecule has 3 heterocycles. The van der Waals surface area contributed by atoms with Crippen LogP contribution in [0.25, 0.3) is 0 Å². The minimum Gasteiger partial charge on any atom is -0.354 e. The summed E-state index contributed by atoms with van der Waals surface area (Å²) < 4.78 is 0. The Morgan fingerprint density at radius 2 is 2.17 bits per heavy atom. The second-order valence-corrected chi connectivity index (χ2v) is 7.45. The van der Waals surface area contributed by atoms with Crippen LogP contribution < -0.4 is 5.32 Å². The number of fused-ring (bicyclic) bond motifs is 1. The minimum absolute atomic E-state index is 0.0725. The smallest absolute Gasteiger partial charge is 0.261 e. The van der Waals surface area contributed by atoms with E-state index in [2.05, 4.69) is 5.32 Å². The van der Waals surface area contributed by atoms with E-state index in [4.69, 9.17) is 0 Å². The molecule has 2 aliphatic heterocycles. The quantitative estimate of drug-likeness (QED) is 0.893. The Balaban J connectivity index is 1.68. The first kappa shape index (κ1) is 17.0. The van der Waals surface area contributed by atoms with Gasteiger partial charge in [-0.15, -0.1) is 11.3 Å². The van der Waals surface area contributed by atoms with Crippen molar-refractivity contribution >= 4 is 29.1 Å². The van der Waals surface area contributed by atoms with Gasteiger partial charge in [0.25, 0.3) is 5.91 Å². The average Bonchev–Trinajstić information content (AvgIpc) is 3.04. The van der Waals surface area contributed by atoms with Crippen molar-refractivity contribution in [2.45, 2.75) is 32.7 Å². The number of rotatable bonds is 3. The van der Waals surface area contributed by atoms with Crippen molar-refractivity contribution in [3.63, 3.8) is 0 Å². The Labute approximate surface area is 145 Å². The van der Waals surface area contributed by atoms with Gasteiger partial charge in [-0.25, -0.2) is 0 Å². The first-order valence-corrected chi connectivity index (χ1v) is 9.25. The van der Waals surface area contributed by atoms with Crippen LogP contribution in [-0.2, 0) is 22.6 Å². The second-order valence-electron chi connectivity index (χ2n) is 6.32. The normalized spacial score (nSPS) is 20.8. The number of nitrogens with one attached hydrogen (secondary N) is 1. The van der Waals surface area contributed by atoms with Crippen LogP contribution in [0.2, 0.25) is 0 Å². The predicted molar refractivity (Wildman–Crippen MR) is 91.8 cm³/mol. The molecule has 0 bridgehead atoms. The van der Waals surface area contributed by atoms with E-state index in [1.165, 1.54) is 16.2 Å². The molecule has 1 saturated heterocycles. The van der Waals surface area contributed by atoms with E-state index in [1.807, 2.05) is 17.9 Å². The number of carbonyl (C=O) groups is 3. The van der Waals surface area contributed by atoms with Crippen LogP contribution in [0.5, 0.6) is 0 Å². The number of thiophene rings is 1. The van der Waals surface area contributed by atoms with Gasteiger partial charge in [-0.3, -0.25) is 14.4 Å². The van der Waals surface area contributed by atoms with Crippen LogP contribution in [0.15, 0.2) is 6.07 Å². The van der Waals surface area contributed by atoms with Crippen molar-refractivity contribution in [1.82, 2.24) is 15.1 Å². The Kier molecular flexibility index (Phi) is 4.89. The van der Waals surface area contributed by atoms with Gasteiger partial charge in [-0.1, -0.05) is 0 Å². The van der Waals surface area contributed by atoms with E-state index in [-0.39, 0.29) is 23.6 Å². The summed E-state index contributed by atoms with van der Waals surface area (Å²) in [5.41, 5.74) is 1.08. The zero-order chi connectivity index (χ0) is 17.3. The number of nitrogens with zero attached hydrogens (tertiary/aromatic N) is 2. The van der Waals surface area contributed by atoms with Crippen LogP contribution in [0, 0.1) is 5.92 Å². The molecule has 24 heavy (non-hydrogen) atoms. The average molecular weight is 349 g/mol. The molecule has 7 heteroatoms. The largest absolute Gasteiger partial charge is 0.354 e. The molecule has 0 radical (unpaired) electrons. The SMILES string of the molecule is CCN1CC(C(=O)N2CCc3sc(C(=O)NC)cc3C2)CCC1=O. The predicted octanol–water partition coefficient (Wildman–Crippen LogP) is 1.25. The van der Waals surface area contributed by atoms with Gasteiger partial charge in [0.05, 0.1) is 10.8 Å². The van der Waals surface area contributed by atoms with E-state index in [1.54, 1.807) is 11.9 Å². The highest BCUT2D eigenvalue weighted by Gasteiger charge is 2.33. The Morgan fingerprint density at radius 3 is 2.88 bits per heavy atom. The molecule has 1 atom stereocenters. The summed E-state index contributed by atoms with van der Waals surface area (Å²) in [4.78, 5) is 42.0.